The van der Waals surface area contributed by atoms with Crippen molar-refractivity contribution in [1.82, 2.24) is 0 Å². The van der Waals surface area contributed by atoms with E-state index >= 15 is 0 Å². The van der Waals surface area contributed by atoms with Crippen LogP contribution in [0.4, 0.5) is 9.59 Å². The van der Waals surface area contributed by atoms with Crippen molar-refractivity contribution in [2.24, 2.45) is 34.5 Å². The summed E-state index contributed by atoms with van der Waals surface area (Å²) >= 11 is 0. The molecule has 2 N–H and O–H groups in total. The van der Waals surface area contributed by atoms with Crippen molar-refractivity contribution in [2.75, 3.05) is 13.2 Å². The Balaban J connectivity index is -0.000000255. The molecule has 0 saturated carbocycles. The van der Waals surface area contributed by atoms with E-state index in [4.69, 9.17) is 50.0 Å². The Hall–Kier alpha value is -2.68. The maximum absolute atomic E-state index is 11.6. The van der Waals surface area contributed by atoms with Gasteiger partial charge in [0.15, 0.2) is 0 Å². The van der Waals surface area contributed by atoms with E-state index < -0.39 is 23.1 Å². The molecule has 2 unspecified atom stereocenters. The Morgan fingerprint density at radius 3 is 0.900 bits per heavy atom. The van der Waals surface area contributed by atoms with Crippen LogP contribution in [0.5, 0.6) is 0 Å². The Kier molecular flexibility index (Phi) is 24.5. The van der Waals surface area contributed by atoms with E-state index in [-0.39, 0.29) is 61.0 Å². The maximum Gasteiger partial charge on any atom is 0.308 e. The molecule has 0 bridgehead atoms. The van der Waals surface area contributed by atoms with Crippen LogP contribution in [0.15, 0.2) is 0 Å². The first kappa shape index (κ1) is 44.3. The van der Waals surface area contributed by atoms with Crippen LogP contribution in [-0.4, -0.2) is 60.2 Å². The first-order valence-electron chi connectivity index (χ1n) is 12.6. The van der Waals surface area contributed by atoms with Crippen LogP contribution in [0.1, 0.15) is 83.1 Å². The number of esters is 2. The van der Waals surface area contributed by atoms with E-state index in [2.05, 4.69) is 9.78 Å². The fourth-order valence-corrected chi connectivity index (χ4v) is 3.42. The monoisotopic (exact) mass is 584 g/mol. The predicted octanol–water partition coefficient (Wildman–Crippen LogP) is 0.558. The molecule has 14 heteroatoms. The number of carboxylic acid groups (broad SMARTS) is 4. The molecule has 0 aromatic heterocycles. The van der Waals surface area contributed by atoms with Gasteiger partial charge in [0.05, 0.1) is 25.0 Å². The van der Waals surface area contributed by atoms with Gasteiger partial charge in [-0.2, -0.15) is 0 Å². The third-order valence-electron chi connectivity index (χ3n) is 5.05. The SMILES string of the molecule is CC(C)C(=O)OC(C(C)C)C(C)(C)COO.CC(C)C(=O)OC(C(C)C)C(C)(C)COO.O=C([O-])[O-].O=C([O-])[O-]. The second kappa shape index (κ2) is 22.1. The molecular weight excluding hydrogens is 536 g/mol. The molecular formula is C26H48O14-4. The molecule has 0 amide bonds. The highest BCUT2D eigenvalue weighted by atomic mass is 17.1. The summed E-state index contributed by atoms with van der Waals surface area (Å²) in [5.74, 6) is -0.380. The van der Waals surface area contributed by atoms with Crippen molar-refractivity contribution in [2.45, 2.75) is 95.3 Å². The quantitative estimate of drug-likeness (QED) is 0.181. The molecule has 0 saturated heterocycles. The molecule has 0 aliphatic carbocycles. The Morgan fingerprint density at radius 1 is 0.575 bits per heavy atom. The number of carbonyl (C=O) groups excluding carboxylic acids is 4. The molecule has 0 aliphatic heterocycles. The smallest absolute Gasteiger partial charge is 0.308 e. The highest BCUT2D eigenvalue weighted by molar-refractivity contribution is 5.72. The van der Waals surface area contributed by atoms with Crippen molar-refractivity contribution in [1.29, 1.82) is 0 Å². The van der Waals surface area contributed by atoms with Gasteiger partial charge in [-0.05, 0) is 24.1 Å². The van der Waals surface area contributed by atoms with Gasteiger partial charge in [-0.1, -0.05) is 83.1 Å². The van der Waals surface area contributed by atoms with E-state index in [1.807, 2.05) is 55.4 Å². The highest BCUT2D eigenvalue weighted by Gasteiger charge is 2.37. The summed E-state index contributed by atoms with van der Waals surface area (Å²) < 4.78 is 10.9. The van der Waals surface area contributed by atoms with Crippen LogP contribution in [0.2, 0.25) is 0 Å². The zero-order valence-electron chi connectivity index (χ0n) is 25.7. The van der Waals surface area contributed by atoms with Crippen LogP contribution < -0.4 is 20.4 Å². The van der Waals surface area contributed by atoms with Crippen LogP contribution in [0.3, 0.4) is 0 Å². The molecule has 0 fully saturated rings. The third kappa shape index (κ3) is 24.4. The lowest BCUT2D eigenvalue weighted by Crippen LogP contribution is -2.41. The number of ether oxygens (including phenoxy) is 2. The fourth-order valence-electron chi connectivity index (χ4n) is 3.42. The minimum absolute atomic E-state index is 0.140. The molecule has 0 spiro atoms. The van der Waals surface area contributed by atoms with E-state index in [9.17, 15) is 9.59 Å². The van der Waals surface area contributed by atoms with Crippen LogP contribution in [-0.2, 0) is 28.8 Å². The van der Waals surface area contributed by atoms with Gasteiger partial charge in [-0.25, -0.2) is 9.78 Å². The molecule has 2 atom stereocenters. The Bertz CT molecular complexity index is 646. The molecule has 0 aliphatic rings. The first-order chi connectivity index (χ1) is 17.9. The van der Waals surface area contributed by atoms with E-state index in [1.165, 1.54) is 0 Å². The van der Waals surface area contributed by atoms with Crippen LogP contribution in [0, 0.1) is 34.5 Å². The van der Waals surface area contributed by atoms with Gasteiger partial charge in [0.25, 0.3) is 0 Å². The summed E-state index contributed by atoms with van der Waals surface area (Å²) in [6.07, 6.45) is -5.20. The van der Waals surface area contributed by atoms with E-state index in [0.29, 0.717) is 0 Å². The van der Waals surface area contributed by atoms with Gasteiger partial charge in [0.1, 0.15) is 12.2 Å². The lowest BCUT2D eigenvalue weighted by molar-refractivity contribution is -0.417. The zero-order chi connectivity index (χ0) is 33.0. The number of hydrogen-bond donors (Lipinski definition) is 2. The Labute approximate surface area is 237 Å². The lowest BCUT2D eigenvalue weighted by atomic mass is 9.81. The van der Waals surface area contributed by atoms with Crippen molar-refractivity contribution in [3.63, 3.8) is 0 Å². The van der Waals surface area contributed by atoms with Crippen LogP contribution >= 0.6 is 0 Å². The molecule has 0 aromatic carbocycles. The second-order valence-electron chi connectivity index (χ2n) is 11.5. The third-order valence-corrected chi connectivity index (χ3v) is 5.05. The van der Waals surface area contributed by atoms with Crippen molar-refractivity contribution >= 4 is 24.2 Å². The lowest BCUT2D eigenvalue weighted by Gasteiger charge is -2.35. The second-order valence-corrected chi connectivity index (χ2v) is 11.5. The maximum atomic E-state index is 11.6. The number of carbonyl (C=O) groups is 4. The molecule has 240 valence electrons. The summed E-state index contributed by atoms with van der Waals surface area (Å²) in [6.45, 7) is 23.0. The molecule has 0 heterocycles. The zero-order valence-corrected chi connectivity index (χ0v) is 25.7. The van der Waals surface area contributed by atoms with Gasteiger partial charge >= 0.3 is 11.9 Å². The number of rotatable bonds is 12. The summed E-state index contributed by atoms with van der Waals surface area (Å²) in [5, 5.41) is 50.4. The summed E-state index contributed by atoms with van der Waals surface area (Å²) in [6, 6.07) is 0. The minimum Gasteiger partial charge on any atom is -0.652 e. The molecule has 0 aromatic rings. The molecule has 0 radical (unpaired) electrons. The topological polar surface area (TPSA) is 238 Å². The van der Waals surface area contributed by atoms with E-state index in [0.717, 1.165) is 0 Å². The van der Waals surface area contributed by atoms with Crippen molar-refractivity contribution < 1.29 is 69.4 Å². The predicted molar refractivity (Wildman–Crippen MR) is 135 cm³/mol. The normalized spacial score (nSPS) is 12.7. The van der Waals surface area contributed by atoms with Gasteiger partial charge in [0.2, 0.25) is 0 Å². The summed E-state index contributed by atoms with van der Waals surface area (Å²) in [7, 11) is 0. The standard InChI is InChI=1S/2C12H24O4.2CH2O3/c2*1-8(2)10(12(5,6)7-15-14)16-11(13)9(3)4;2*2-1(3)4/h2*8-10,14H,7H2,1-6H3;2*(H2,2,3,4)/p-4. The Morgan fingerprint density at radius 2 is 0.775 bits per heavy atom. The molecule has 40 heavy (non-hydrogen) atoms. The fraction of sp³-hybridized carbons (Fsp3) is 0.846. The van der Waals surface area contributed by atoms with Gasteiger partial charge in [0, 0.05) is 10.8 Å². The van der Waals surface area contributed by atoms with E-state index in [1.54, 1.807) is 27.7 Å². The average Bonchev–Trinajstić information content (AvgIpc) is 2.74. The average molecular weight is 585 g/mol. The molecule has 14 nitrogen and oxygen atoms in total. The van der Waals surface area contributed by atoms with Crippen molar-refractivity contribution in [3.05, 3.63) is 0 Å². The summed E-state index contributed by atoms with van der Waals surface area (Å²) in [5.41, 5.74) is -0.819. The first-order valence-corrected chi connectivity index (χ1v) is 12.6. The minimum atomic E-state index is -2.33. The largest absolute Gasteiger partial charge is 0.652 e. The molecule has 0 rings (SSSR count). The highest BCUT2D eigenvalue weighted by Crippen LogP contribution is 2.31. The van der Waals surface area contributed by atoms with Gasteiger partial charge in [-0.3, -0.25) is 20.1 Å². The van der Waals surface area contributed by atoms with Gasteiger partial charge in [-0.15, -0.1) is 0 Å². The van der Waals surface area contributed by atoms with Gasteiger partial charge < -0.3 is 39.5 Å². The van der Waals surface area contributed by atoms with Crippen LogP contribution in [0.25, 0.3) is 0 Å². The number of hydrogen-bond acceptors (Lipinski definition) is 14. The van der Waals surface area contributed by atoms with Crippen molar-refractivity contribution in [3.8, 4) is 0 Å². The summed E-state index contributed by atoms with van der Waals surface area (Å²) in [4.78, 5) is 48.2.